The molecule has 2 saturated heterocycles. The molecule has 5 heteroatoms. The number of rotatable bonds is 3. The van der Waals surface area contributed by atoms with Crippen molar-refractivity contribution in [3.63, 3.8) is 0 Å². The van der Waals surface area contributed by atoms with Crippen molar-refractivity contribution in [2.45, 2.75) is 44.7 Å². The van der Waals surface area contributed by atoms with Gasteiger partial charge in [0.15, 0.2) is 0 Å². The van der Waals surface area contributed by atoms with Gasteiger partial charge >= 0.3 is 0 Å². The molecule has 4 rings (SSSR count). The summed E-state index contributed by atoms with van der Waals surface area (Å²) in [5.74, 6) is 0.846. The van der Waals surface area contributed by atoms with Crippen LogP contribution in [0.15, 0.2) is 24.3 Å². The van der Waals surface area contributed by atoms with Crippen LogP contribution in [0.1, 0.15) is 43.0 Å². The van der Waals surface area contributed by atoms with Gasteiger partial charge in [-0.25, -0.2) is 0 Å². The minimum atomic E-state index is 0.0937. The Hall–Kier alpha value is -1.88. The van der Waals surface area contributed by atoms with Crippen LogP contribution < -0.4 is 10.6 Å². The third kappa shape index (κ3) is 3.18. The number of benzene rings is 1. The highest BCUT2D eigenvalue weighted by Crippen LogP contribution is 2.38. The van der Waals surface area contributed by atoms with Crippen molar-refractivity contribution in [3.05, 3.63) is 29.8 Å². The molecule has 0 spiro atoms. The summed E-state index contributed by atoms with van der Waals surface area (Å²) < 4.78 is 0. The first-order valence-electron chi connectivity index (χ1n) is 9.06. The third-order valence-corrected chi connectivity index (χ3v) is 5.66. The summed E-state index contributed by atoms with van der Waals surface area (Å²) >= 11 is 0. The van der Waals surface area contributed by atoms with Gasteiger partial charge in [-0.05, 0) is 55.9 Å². The fraction of sp³-hybridized carbons (Fsp3) is 0.579. The Morgan fingerprint density at radius 2 is 1.83 bits per heavy atom. The number of hydrogen-bond donors (Lipinski definition) is 2. The third-order valence-electron chi connectivity index (χ3n) is 5.66. The normalized spacial score (nSPS) is 31.5. The molecular formula is C19H25N3O2. The maximum Gasteiger partial charge on any atom is 0.253 e. The topological polar surface area (TPSA) is 61.4 Å². The lowest BCUT2D eigenvalue weighted by molar-refractivity contribution is -0.117. The van der Waals surface area contributed by atoms with Crippen LogP contribution in [0.3, 0.4) is 0 Å². The SMILES string of the molecule is CC1CC1C(=O)Nc1ccc(C(=O)N2CCC3CCC(C2)N3)cc1. The lowest BCUT2D eigenvalue weighted by atomic mass is 10.1. The molecule has 1 aromatic carbocycles. The first kappa shape index (κ1) is 15.6. The van der Waals surface area contributed by atoms with E-state index in [1.165, 1.54) is 12.8 Å². The van der Waals surface area contributed by atoms with Gasteiger partial charge in [-0.3, -0.25) is 9.59 Å². The van der Waals surface area contributed by atoms with Gasteiger partial charge in [0.2, 0.25) is 5.91 Å². The Bertz CT molecular complexity index is 643. The van der Waals surface area contributed by atoms with Crippen molar-refractivity contribution in [1.29, 1.82) is 0 Å². The zero-order valence-electron chi connectivity index (χ0n) is 14.1. The second kappa shape index (κ2) is 6.20. The maximum atomic E-state index is 12.7. The number of carbonyl (C=O) groups is 2. The summed E-state index contributed by atoms with van der Waals surface area (Å²) in [5.41, 5.74) is 1.47. The highest BCUT2D eigenvalue weighted by molar-refractivity contribution is 5.97. The number of anilines is 1. The Morgan fingerprint density at radius 3 is 2.54 bits per heavy atom. The van der Waals surface area contributed by atoms with Crippen molar-refractivity contribution in [3.8, 4) is 0 Å². The average Bonchev–Trinajstić information content (AvgIpc) is 3.20. The Labute approximate surface area is 142 Å². The predicted octanol–water partition coefficient (Wildman–Crippen LogP) is 2.25. The Morgan fingerprint density at radius 1 is 1.12 bits per heavy atom. The standard InChI is InChI=1S/C19H25N3O2/c1-12-10-17(12)18(23)21-14-4-2-13(3-5-14)19(24)22-9-8-15-6-7-16(11-22)20-15/h2-5,12,15-17,20H,6-11H2,1H3,(H,21,23). The Balaban J connectivity index is 1.38. The zero-order valence-corrected chi connectivity index (χ0v) is 14.1. The van der Waals surface area contributed by atoms with E-state index in [-0.39, 0.29) is 17.7 Å². The van der Waals surface area contributed by atoms with E-state index in [1.54, 1.807) is 0 Å². The molecular weight excluding hydrogens is 302 g/mol. The molecule has 1 aromatic rings. The number of hydrogen-bond acceptors (Lipinski definition) is 3. The Kier molecular flexibility index (Phi) is 4.04. The molecule has 2 N–H and O–H groups in total. The van der Waals surface area contributed by atoms with Crippen LogP contribution in [0.5, 0.6) is 0 Å². The number of fused-ring (bicyclic) bond motifs is 2. The van der Waals surface area contributed by atoms with E-state index in [1.807, 2.05) is 29.2 Å². The molecule has 4 unspecified atom stereocenters. The molecule has 24 heavy (non-hydrogen) atoms. The number of likely N-dealkylation sites (tertiary alicyclic amines) is 1. The summed E-state index contributed by atoms with van der Waals surface area (Å²) in [6, 6.07) is 8.34. The van der Waals surface area contributed by atoms with E-state index in [4.69, 9.17) is 0 Å². The first-order valence-corrected chi connectivity index (χ1v) is 9.06. The van der Waals surface area contributed by atoms with Crippen molar-refractivity contribution in [2.24, 2.45) is 11.8 Å². The minimum Gasteiger partial charge on any atom is -0.337 e. The summed E-state index contributed by atoms with van der Waals surface area (Å²) in [7, 11) is 0. The van der Waals surface area contributed by atoms with Crippen LogP contribution in [0.25, 0.3) is 0 Å². The molecule has 2 aliphatic heterocycles. The lowest BCUT2D eigenvalue weighted by Gasteiger charge is -2.24. The van der Waals surface area contributed by atoms with Gasteiger partial charge in [-0.15, -0.1) is 0 Å². The van der Waals surface area contributed by atoms with Crippen molar-refractivity contribution < 1.29 is 9.59 Å². The van der Waals surface area contributed by atoms with E-state index in [2.05, 4.69) is 17.6 Å². The van der Waals surface area contributed by atoms with Crippen LogP contribution in [0.4, 0.5) is 5.69 Å². The molecule has 1 saturated carbocycles. The summed E-state index contributed by atoms with van der Waals surface area (Å²) in [6.07, 6.45) is 4.42. The van der Waals surface area contributed by atoms with Crippen LogP contribution in [0.2, 0.25) is 0 Å². The van der Waals surface area contributed by atoms with Crippen molar-refractivity contribution >= 4 is 17.5 Å². The van der Waals surface area contributed by atoms with Gasteiger partial charge in [-0.1, -0.05) is 6.92 Å². The average molecular weight is 327 g/mol. The van der Waals surface area contributed by atoms with Crippen molar-refractivity contribution in [1.82, 2.24) is 10.2 Å². The van der Waals surface area contributed by atoms with Gasteiger partial charge in [0.1, 0.15) is 0 Å². The van der Waals surface area contributed by atoms with Crippen LogP contribution >= 0.6 is 0 Å². The molecule has 3 aliphatic rings. The van der Waals surface area contributed by atoms with Gasteiger partial charge < -0.3 is 15.5 Å². The molecule has 2 bridgehead atoms. The molecule has 1 aliphatic carbocycles. The number of amides is 2. The fourth-order valence-electron chi connectivity index (χ4n) is 3.93. The molecule has 4 atom stereocenters. The molecule has 2 heterocycles. The molecule has 5 nitrogen and oxygen atoms in total. The van der Waals surface area contributed by atoms with E-state index in [0.29, 0.717) is 23.6 Å². The quantitative estimate of drug-likeness (QED) is 0.895. The number of nitrogens with zero attached hydrogens (tertiary/aromatic N) is 1. The summed E-state index contributed by atoms with van der Waals surface area (Å²) in [5, 5.41) is 6.54. The second-order valence-corrected chi connectivity index (χ2v) is 7.56. The van der Waals surface area contributed by atoms with E-state index < -0.39 is 0 Å². The summed E-state index contributed by atoms with van der Waals surface area (Å²) in [6.45, 7) is 3.72. The molecule has 2 amide bonds. The fourth-order valence-corrected chi connectivity index (χ4v) is 3.93. The second-order valence-electron chi connectivity index (χ2n) is 7.56. The lowest BCUT2D eigenvalue weighted by Crippen LogP contribution is -2.39. The first-order chi connectivity index (χ1) is 11.6. The number of nitrogens with one attached hydrogen (secondary N) is 2. The van der Waals surface area contributed by atoms with E-state index in [9.17, 15) is 9.59 Å². The van der Waals surface area contributed by atoms with Gasteiger partial charge in [0.25, 0.3) is 5.91 Å². The van der Waals surface area contributed by atoms with E-state index in [0.717, 1.165) is 31.6 Å². The predicted molar refractivity (Wildman–Crippen MR) is 92.8 cm³/mol. The molecule has 128 valence electrons. The van der Waals surface area contributed by atoms with E-state index >= 15 is 0 Å². The minimum absolute atomic E-state index is 0.0937. The van der Waals surface area contributed by atoms with Gasteiger partial charge in [0, 0.05) is 42.3 Å². The molecule has 0 radical (unpaired) electrons. The highest BCUT2D eigenvalue weighted by atomic mass is 16.2. The van der Waals surface area contributed by atoms with Crippen LogP contribution in [-0.2, 0) is 4.79 Å². The van der Waals surface area contributed by atoms with Crippen LogP contribution in [-0.4, -0.2) is 41.9 Å². The highest BCUT2D eigenvalue weighted by Gasteiger charge is 2.39. The number of carbonyl (C=O) groups excluding carboxylic acids is 2. The maximum absolute atomic E-state index is 12.7. The van der Waals surface area contributed by atoms with Crippen LogP contribution in [0, 0.1) is 11.8 Å². The molecule has 0 aromatic heterocycles. The monoisotopic (exact) mass is 327 g/mol. The molecule has 3 fully saturated rings. The van der Waals surface area contributed by atoms with Gasteiger partial charge in [-0.2, -0.15) is 0 Å². The smallest absolute Gasteiger partial charge is 0.253 e. The zero-order chi connectivity index (χ0) is 16.7. The van der Waals surface area contributed by atoms with Gasteiger partial charge in [0.05, 0.1) is 0 Å². The summed E-state index contributed by atoms with van der Waals surface area (Å²) in [4.78, 5) is 26.7. The van der Waals surface area contributed by atoms with Crippen molar-refractivity contribution in [2.75, 3.05) is 18.4 Å². The largest absolute Gasteiger partial charge is 0.337 e.